The van der Waals surface area contributed by atoms with E-state index in [1.807, 2.05) is 12.1 Å². The molecule has 1 aromatic carbocycles. The topological polar surface area (TPSA) is 53.6 Å². The molecule has 25 heavy (non-hydrogen) atoms. The monoisotopic (exact) mass is 345 g/mol. The first kappa shape index (κ1) is 18.2. The molecule has 0 saturated carbocycles. The van der Waals surface area contributed by atoms with Crippen molar-refractivity contribution in [3.8, 4) is 0 Å². The molecule has 138 valence electrons. The van der Waals surface area contributed by atoms with E-state index in [1.165, 1.54) is 31.4 Å². The smallest absolute Gasteiger partial charge is 0.233 e. The molecule has 0 aliphatic carbocycles. The van der Waals surface area contributed by atoms with Crippen molar-refractivity contribution in [1.29, 1.82) is 0 Å². The van der Waals surface area contributed by atoms with Gasteiger partial charge in [-0.15, -0.1) is 0 Å². The second-order valence-corrected chi connectivity index (χ2v) is 7.37. The van der Waals surface area contributed by atoms with Crippen LogP contribution in [0.5, 0.6) is 0 Å². The number of methoxy groups -OCH3 is 1. The number of carbonyl (C=O) groups excluding carboxylic acids is 1. The molecule has 3 rings (SSSR count). The standard InChI is InChI=1S/C20H31N3O2/c1-25-16-20(9-11-21-12-10-20)19(24)22-17-7-6-8-18(15-17)23-13-4-2-3-5-14-23/h6-8,15,21H,2-5,9-14,16H2,1H3,(H,22,24). The summed E-state index contributed by atoms with van der Waals surface area (Å²) < 4.78 is 5.38. The van der Waals surface area contributed by atoms with Gasteiger partial charge in [0.2, 0.25) is 5.91 Å². The summed E-state index contributed by atoms with van der Waals surface area (Å²) in [6.45, 7) is 4.43. The van der Waals surface area contributed by atoms with Crippen LogP contribution in [0.4, 0.5) is 11.4 Å². The van der Waals surface area contributed by atoms with Crippen LogP contribution < -0.4 is 15.5 Å². The number of nitrogens with zero attached hydrogens (tertiary/aromatic N) is 1. The second kappa shape index (κ2) is 8.68. The van der Waals surface area contributed by atoms with Gasteiger partial charge in [-0.25, -0.2) is 0 Å². The summed E-state index contributed by atoms with van der Waals surface area (Å²) in [5, 5.41) is 6.49. The molecule has 2 aliphatic rings. The summed E-state index contributed by atoms with van der Waals surface area (Å²) in [7, 11) is 1.68. The highest BCUT2D eigenvalue weighted by molar-refractivity contribution is 5.96. The third-order valence-electron chi connectivity index (χ3n) is 5.54. The van der Waals surface area contributed by atoms with Gasteiger partial charge < -0.3 is 20.3 Å². The fraction of sp³-hybridized carbons (Fsp3) is 0.650. The SMILES string of the molecule is COCC1(C(=O)Nc2cccc(N3CCCCCC3)c2)CCNCC1. The van der Waals surface area contributed by atoms with E-state index in [4.69, 9.17) is 4.74 Å². The lowest BCUT2D eigenvalue weighted by Crippen LogP contribution is -2.47. The van der Waals surface area contributed by atoms with Crippen LogP contribution in [0.3, 0.4) is 0 Å². The van der Waals surface area contributed by atoms with Gasteiger partial charge in [0.1, 0.15) is 0 Å². The van der Waals surface area contributed by atoms with Gasteiger partial charge in [0.25, 0.3) is 0 Å². The van der Waals surface area contributed by atoms with E-state index >= 15 is 0 Å². The summed E-state index contributed by atoms with van der Waals surface area (Å²) in [6, 6.07) is 8.29. The number of rotatable bonds is 5. The predicted molar refractivity (Wildman–Crippen MR) is 102 cm³/mol. The number of carbonyl (C=O) groups is 1. The van der Waals surface area contributed by atoms with Crippen molar-refractivity contribution in [3.63, 3.8) is 0 Å². The minimum atomic E-state index is -0.418. The summed E-state index contributed by atoms with van der Waals surface area (Å²) >= 11 is 0. The highest BCUT2D eigenvalue weighted by atomic mass is 16.5. The molecule has 0 unspecified atom stereocenters. The van der Waals surface area contributed by atoms with Crippen molar-refractivity contribution < 1.29 is 9.53 Å². The number of ether oxygens (including phenoxy) is 1. The van der Waals surface area contributed by atoms with Gasteiger partial charge in [0.05, 0.1) is 12.0 Å². The second-order valence-electron chi connectivity index (χ2n) is 7.37. The van der Waals surface area contributed by atoms with Crippen LogP contribution in [0.15, 0.2) is 24.3 Å². The Bertz CT molecular complexity index is 556. The molecule has 0 radical (unpaired) electrons. The summed E-state index contributed by atoms with van der Waals surface area (Å²) in [4.78, 5) is 15.4. The molecule has 2 fully saturated rings. The zero-order valence-corrected chi connectivity index (χ0v) is 15.4. The number of anilines is 2. The lowest BCUT2D eigenvalue weighted by molar-refractivity contribution is -0.130. The summed E-state index contributed by atoms with van der Waals surface area (Å²) in [6.07, 6.45) is 6.78. The van der Waals surface area contributed by atoms with Gasteiger partial charge in [-0.3, -0.25) is 4.79 Å². The van der Waals surface area contributed by atoms with Crippen molar-refractivity contribution >= 4 is 17.3 Å². The highest BCUT2D eigenvalue weighted by Crippen LogP contribution is 2.31. The molecule has 0 spiro atoms. The molecule has 0 atom stereocenters. The number of benzene rings is 1. The summed E-state index contributed by atoms with van der Waals surface area (Å²) in [5.41, 5.74) is 1.69. The Kier molecular flexibility index (Phi) is 6.32. The van der Waals surface area contributed by atoms with Crippen LogP contribution in [0, 0.1) is 5.41 Å². The van der Waals surface area contributed by atoms with E-state index in [0.29, 0.717) is 6.61 Å². The van der Waals surface area contributed by atoms with Crippen molar-refractivity contribution in [2.24, 2.45) is 5.41 Å². The van der Waals surface area contributed by atoms with Gasteiger partial charge in [-0.05, 0) is 57.0 Å². The average Bonchev–Trinajstić information content (AvgIpc) is 2.92. The van der Waals surface area contributed by atoms with Crippen molar-refractivity contribution in [2.75, 3.05) is 50.1 Å². The molecular weight excluding hydrogens is 314 g/mol. The lowest BCUT2D eigenvalue weighted by atomic mass is 9.78. The Balaban J connectivity index is 1.71. The number of nitrogens with one attached hydrogen (secondary N) is 2. The maximum absolute atomic E-state index is 13.0. The number of hydrogen-bond donors (Lipinski definition) is 2. The Morgan fingerprint density at radius 1 is 1.20 bits per heavy atom. The fourth-order valence-electron chi connectivity index (χ4n) is 3.99. The van der Waals surface area contributed by atoms with E-state index in [-0.39, 0.29) is 5.91 Å². The number of amides is 1. The third kappa shape index (κ3) is 4.53. The number of hydrogen-bond acceptors (Lipinski definition) is 4. The van der Waals surface area contributed by atoms with Crippen molar-refractivity contribution in [2.45, 2.75) is 38.5 Å². The van der Waals surface area contributed by atoms with Crippen LogP contribution in [-0.2, 0) is 9.53 Å². The lowest BCUT2D eigenvalue weighted by Gasteiger charge is -2.35. The van der Waals surface area contributed by atoms with Gasteiger partial charge in [-0.1, -0.05) is 18.9 Å². The molecule has 2 saturated heterocycles. The van der Waals surface area contributed by atoms with Crippen LogP contribution >= 0.6 is 0 Å². The predicted octanol–water partition coefficient (Wildman–Crippen LogP) is 3.02. The largest absolute Gasteiger partial charge is 0.384 e. The molecule has 5 heteroatoms. The van der Waals surface area contributed by atoms with Gasteiger partial charge in [0.15, 0.2) is 0 Å². The molecule has 2 heterocycles. The minimum absolute atomic E-state index is 0.0869. The van der Waals surface area contributed by atoms with Crippen LogP contribution in [0.1, 0.15) is 38.5 Å². The maximum atomic E-state index is 13.0. The first-order valence-electron chi connectivity index (χ1n) is 9.60. The normalized spacial score (nSPS) is 20.8. The Labute approximate surface area is 151 Å². The average molecular weight is 345 g/mol. The molecule has 2 N–H and O–H groups in total. The molecule has 1 aromatic rings. The van der Waals surface area contributed by atoms with Gasteiger partial charge in [-0.2, -0.15) is 0 Å². The zero-order valence-electron chi connectivity index (χ0n) is 15.4. The Hall–Kier alpha value is -1.59. The first-order chi connectivity index (χ1) is 12.2. The first-order valence-corrected chi connectivity index (χ1v) is 9.60. The van der Waals surface area contributed by atoms with Crippen molar-refractivity contribution in [1.82, 2.24) is 5.32 Å². The third-order valence-corrected chi connectivity index (χ3v) is 5.54. The summed E-state index contributed by atoms with van der Waals surface area (Å²) in [5.74, 6) is 0.0869. The van der Waals surface area contributed by atoms with E-state index in [2.05, 4.69) is 27.7 Å². The Morgan fingerprint density at radius 2 is 1.92 bits per heavy atom. The van der Waals surface area contributed by atoms with Crippen LogP contribution in [0.25, 0.3) is 0 Å². The van der Waals surface area contributed by atoms with Crippen LogP contribution in [0.2, 0.25) is 0 Å². The van der Waals surface area contributed by atoms with E-state index < -0.39 is 5.41 Å². The molecule has 0 bridgehead atoms. The van der Waals surface area contributed by atoms with Gasteiger partial charge >= 0.3 is 0 Å². The number of piperidine rings is 1. The van der Waals surface area contributed by atoms with E-state index in [9.17, 15) is 4.79 Å². The van der Waals surface area contributed by atoms with Crippen molar-refractivity contribution in [3.05, 3.63) is 24.3 Å². The maximum Gasteiger partial charge on any atom is 0.233 e. The molecule has 0 aromatic heterocycles. The molecule has 1 amide bonds. The Morgan fingerprint density at radius 3 is 2.60 bits per heavy atom. The quantitative estimate of drug-likeness (QED) is 0.861. The minimum Gasteiger partial charge on any atom is -0.384 e. The molecular formula is C20H31N3O2. The van der Waals surface area contributed by atoms with E-state index in [1.54, 1.807) is 7.11 Å². The zero-order chi connectivity index (χ0) is 17.5. The highest BCUT2D eigenvalue weighted by Gasteiger charge is 2.39. The van der Waals surface area contributed by atoms with Gasteiger partial charge in [0, 0.05) is 31.6 Å². The molecule has 5 nitrogen and oxygen atoms in total. The fourth-order valence-corrected chi connectivity index (χ4v) is 3.99. The molecule has 2 aliphatic heterocycles. The van der Waals surface area contributed by atoms with Crippen LogP contribution in [-0.4, -0.2) is 45.8 Å². The van der Waals surface area contributed by atoms with E-state index in [0.717, 1.165) is 44.7 Å².